The van der Waals surface area contributed by atoms with Crippen molar-refractivity contribution in [2.75, 3.05) is 4.90 Å². The lowest BCUT2D eigenvalue weighted by molar-refractivity contribution is -0.122. The maximum atomic E-state index is 12.7. The van der Waals surface area contributed by atoms with Gasteiger partial charge in [-0.15, -0.1) is 11.3 Å². The number of carbonyl (C=O) groups is 3. The zero-order chi connectivity index (χ0) is 16.6. The summed E-state index contributed by atoms with van der Waals surface area (Å²) in [6, 6.07) is 9.60. The molecule has 0 saturated carbocycles. The number of anilines is 1. The number of barbiturate groups is 1. The van der Waals surface area contributed by atoms with Gasteiger partial charge in [-0.3, -0.25) is 14.9 Å². The van der Waals surface area contributed by atoms with E-state index in [9.17, 15) is 14.4 Å². The summed E-state index contributed by atoms with van der Waals surface area (Å²) in [5, 5.41) is 2.19. The van der Waals surface area contributed by atoms with E-state index >= 15 is 0 Å². The summed E-state index contributed by atoms with van der Waals surface area (Å²) in [5.41, 5.74) is 1.09. The molecule has 0 unspecified atom stereocenters. The van der Waals surface area contributed by atoms with Crippen LogP contribution in [0.5, 0.6) is 0 Å². The number of carbonyl (C=O) groups excluding carboxylic acids is 3. The second-order valence-corrected chi connectivity index (χ2v) is 6.63. The Balaban J connectivity index is 2.04. The summed E-state index contributed by atoms with van der Waals surface area (Å²) in [4.78, 5) is 38.4. The number of amides is 4. The van der Waals surface area contributed by atoms with Gasteiger partial charge in [0.25, 0.3) is 11.8 Å². The standard InChI is InChI=1S/C16H11ClN2O3S/c1-9-4-2-3-5-12(9)19-15(21)11(14(20)18-16(19)22)8-10-6-7-13(17)23-10/h2-8H,1H3,(H,18,20,22). The number of halogens is 1. The van der Waals surface area contributed by atoms with Gasteiger partial charge in [-0.2, -0.15) is 0 Å². The fraction of sp³-hybridized carbons (Fsp3) is 0.0625. The third-order valence-corrected chi connectivity index (χ3v) is 4.52. The number of para-hydroxylation sites is 1. The van der Waals surface area contributed by atoms with E-state index in [4.69, 9.17) is 11.6 Å². The molecule has 1 aliphatic rings. The monoisotopic (exact) mass is 346 g/mol. The van der Waals surface area contributed by atoms with Gasteiger partial charge in [0.05, 0.1) is 10.0 Å². The van der Waals surface area contributed by atoms with Gasteiger partial charge in [-0.25, -0.2) is 9.69 Å². The highest BCUT2D eigenvalue weighted by Crippen LogP contribution is 2.27. The number of urea groups is 1. The molecule has 0 bridgehead atoms. The van der Waals surface area contributed by atoms with Crippen molar-refractivity contribution < 1.29 is 14.4 Å². The molecule has 0 radical (unpaired) electrons. The molecule has 1 fully saturated rings. The fourth-order valence-corrected chi connectivity index (χ4v) is 3.24. The molecule has 2 heterocycles. The van der Waals surface area contributed by atoms with Crippen molar-refractivity contribution in [3.63, 3.8) is 0 Å². The lowest BCUT2D eigenvalue weighted by Gasteiger charge is -2.27. The molecule has 0 spiro atoms. The molecule has 0 atom stereocenters. The van der Waals surface area contributed by atoms with Crippen LogP contribution in [-0.2, 0) is 9.59 Å². The van der Waals surface area contributed by atoms with Crippen molar-refractivity contribution in [2.45, 2.75) is 6.92 Å². The molecule has 1 aromatic carbocycles. The van der Waals surface area contributed by atoms with Crippen LogP contribution in [0, 0.1) is 6.92 Å². The third-order valence-electron chi connectivity index (χ3n) is 3.34. The van der Waals surface area contributed by atoms with E-state index in [2.05, 4.69) is 5.32 Å². The highest BCUT2D eigenvalue weighted by Gasteiger charge is 2.37. The van der Waals surface area contributed by atoms with Gasteiger partial charge in [0.2, 0.25) is 0 Å². The van der Waals surface area contributed by atoms with E-state index in [1.54, 1.807) is 43.3 Å². The third kappa shape index (κ3) is 2.91. The van der Waals surface area contributed by atoms with E-state index in [0.717, 1.165) is 10.5 Å². The van der Waals surface area contributed by atoms with Crippen LogP contribution in [0.2, 0.25) is 4.34 Å². The molecule has 4 amide bonds. The van der Waals surface area contributed by atoms with Crippen molar-refractivity contribution in [1.82, 2.24) is 5.32 Å². The maximum absolute atomic E-state index is 12.7. The molecule has 0 aliphatic carbocycles. The van der Waals surface area contributed by atoms with Gasteiger partial charge in [0.15, 0.2) is 0 Å². The largest absolute Gasteiger partial charge is 0.335 e. The zero-order valence-corrected chi connectivity index (χ0v) is 13.6. The molecule has 1 saturated heterocycles. The highest BCUT2D eigenvalue weighted by atomic mass is 35.5. The number of aryl methyl sites for hydroxylation is 1. The quantitative estimate of drug-likeness (QED) is 0.669. The Labute approximate surface area is 141 Å². The summed E-state index contributed by atoms with van der Waals surface area (Å²) in [5.74, 6) is -1.37. The number of nitrogens with one attached hydrogen (secondary N) is 1. The normalized spacial score (nSPS) is 16.9. The maximum Gasteiger partial charge on any atom is 0.335 e. The zero-order valence-electron chi connectivity index (χ0n) is 12.0. The first kappa shape index (κ1) is 15.5. The molecule has 2 aromatic rings. The Morgan fingerprint density at radius 3 is 2.52 bits per heavy atom. The molecule has 3 rings (SSSR count). The average Bonchev–Trinajstić information content (AvgIpc) is 2.91. The Hall–Kier alpha value is -2.44. The molecule has 7 heteroatoms. The molecular formula is C16H11ClN2O3S. The molecule has 116 valence electrons. The predicted molar refractivity (Wildman–Crippen MR) is 89.5 cm³/mol. The minimum absolute atomic E-state index is 0.105. The predicted octanol–water partition coefficient (Wildman–Crippen LogP) is 3.38. The van der Waals surface area contributed by atoms with E-state index in [0.29, 0.717) is 14.9 Å². The van der Waals surface area contributed by atoms with Crippen molar-refractivity contribution in [3.8, 4) is 0 Å². The Morgan fingerprint density at radius 1 is 1.13 bits per heavy atom. The number of thiophene rings is 1. The van der Waals surface area contributed by atoms with Crippen molar-refractivity contribution in [3.05, 3.63) is 56.7 Å². The average molecular weight is 347 g/mol. The number of imide groups is 2. The van der Waals surface area contributed by atoms with Crippen molar-refractivity contribution >= 4 is 52.5 Å². The number of nitrogens with zero attached hydrogens (tertiary/aromatic N) is 1. The molecule has 1 aliphatic heterocycles. The van der Waals surface area contributed by atoms with E-state index < -0.39 is 17.8 Å². The summed E-state index contributed by atoms with van der Waals surface area (Å²) < 4.78 is 0.548. The number of hydrogen-bond donors (Lipinski definition) is 1. The summed E-state index contributed by atoms with van der Waals surface area (Å²) in [7, 11) is 0. The minimum Gasteiger partial charge on any atom is -0.273 e. The molecule has 5 nitrogen and oxygen atoms in total. The summed E-state index contributed by atoms with van der Waals surface area (Å²) in [6.07, 6.45) is 1.44. The van der Waals surface area contributed by atoms with E-state index in [1.165, 1.54) is 17.4 Å². The summed E-state index contributed by atoms with van der Waals surface area (Å²) >= 11 is 7.10. The smallest absolute Gasteiger partial charge is 0.273 e. The SMILES string of the molecule is Cc1ccccc1N1C(=O)NC(=O)C(=Cc2ccc(Cl)s2)C1=O. The van der Waals surface area contributed by atoms with Crippen molar-refractivity contribution in [1.29, 1.82) is 0 Å². The van der Waals surface area contributed by atoms with Gasteiger partial charge < -0.3 is 0 Å². The van der Waals surface area contributed by atoms with Crippen molar-refractivity contribution in [2.24, 2.45) is 0 Å². The molecular weight excluding hydrogens is 336 g/mol. The second-order valence-electron chi connectivity index (χ2n) is 4.89. The fourth-order valence-electron chi connectivity index (χ4n) is 2.24. The van der Waals surface area contributed by atoms with Gasteiger partial charge >= 0.3 is 6.03 Å². The van der Waals surface area contributed by atoms with Crippen LogP contribution in [0.15, 0.2) is 42.0 Å². The lowest BCUT2D eigenvalue weighted by Crippen LogP contribution is -2.54. The molecule has 1 aromatic heterocycles. The van der Waals surface area contributed by atoms with Crippen LogP contribution >= 0.6 is 22.9 Å². The Morgan fingerprint density at radius 2 is 1.87 bits per heavy atom. The van der Waals surface area contributed by atoms with Crippen LogP contribution in [0.3, 0.4) is 0 Å². The Bertz CT molecular complexity index is 857. The van der Waals surface area contributed by atoms with Gasteiger partial charge in [-0.05, 0) is 36.8 Å². The van der Waals surface area contributed by atoms with Gasteiger partial charge in [0.1, 0.15) is 5.57 Å². The van der Waals surface area contributed by atoms with Crippen LogP contribution < -0.4 is 10.2 Å². The van der Waals surface area contributed by atoms with E-state index in [1.807, 2.05) is 0 Å². The van der Waals surface area contributed by atoms with Gasteiger partial charge in [-0.1, -0.05) is 29.8 Å². The highest BCUT2D eigenvalue weighted by molar-refractivity contribution is 7.17. The first-order valence-corrected chi connectivity index (χ1v) is 7.89. The number of rotatable bonds is 2. The van der Waals surface area contributed by atoms with Crippen LogP contribution in [0.4, 0.5) is 10.5 Å². The molecule has 23 heavy (non-hydrogen) atoms. The first-order chi connectivity index (χ1) is 11.0. The van der Waals surface area contributed by atoms with Gasteiger partial charge in [0, 0.05) is 4.88 Å². The minimum atomic E-state index is -0.754. The number of hydrogen-bond acceptors (Lipinski definition) is 4. The Kier molecular flexibility index (Phi) is 4.02. The second kappa shape index (κ2) is 5.98. The van der Waals surface area contributed by atoms with E-state index in [-0.39, 0.29) is 5.57 Å². The first-order valence-electron chi connectivity index (χ1n) is 6.70. The summed E-state index contributed by atoms with van der Waals surface area (Å²) in [6.45, 7) is 1.79. The van der Waals surface area contributed by atoms with Crippen LogP contribution in [-0.4, -0.2) is 17.8 Å². The van der Waals surface area contributed by atoms with Crippen LogP contribution in [0.25, 0.3) is 6.08 Å². The lowest BCUT2D eigenvalue weighted by atomic mass is 10.1. The van der Waals surface area contributed by atoms with Crippen LogP contribution in [0.1, 0.15) is 10.4 Å². The molecule has 1 N–H and O–H groups in total. The topological polar surface area (TPSA) is 66.5 Å². The number of benzene rings is 1.